The summed E-state index contributed by atoms with van der Waals surface area (Å²) in [6.07, 6.45) is 7.61. The van der Waals surface area contributed by atoms with Crippen LogP contribution in [0.4, 0.5) is 0 Å². The van der Waals surface area contributed by atoms with Crippen LogP contribution in [0.2, 0.25) is 0 Å². The van der Waals surface area contributed by atoms with Gasteiger partial charge in [0.15, 0.2) is 0 Å². The van der Waals surface area contributed by atoms with Crippen molar-refractivity contribution in [3.05, 3.63) is 0 Å². The SMILES string of the molecule is CCC(C#N)(CCCOCCCC(C)C)NC1CC1. The molecule has 19 heavy (non-hydrogen) atoms. The third kappa shape index (κ3) is 6.94. The van der Waals surface area contributed by atoms with Crippen LogP contribution in [-0.2, 0) is 4.74 Å². The van der Waals surface area contributed by atoms with Gasteiger partial charge < -0.3 is 4.74 Å². The molecular formula is C16H30N2O. The molecule has 110 valence electrons. The highest BCUT2D eigenvalue weighted by molar-refractivity contribution is 5.09. The van der Waals surface area contributed by atoms with Crippen LogP contribution in [0.25, 0.3) is 0 Å². The van der Waals surface area contributed by atoms with Crippen molar-refractivity contribution in [1.29, 1.82) is 5.26 Å². The summed E-state index contributed by atoms with van der Waals surface area (Å²) in [7, 11) is 0. The minimum absolute atomic E-state index is 0.317. The number of ether oxygens (including phenoxy) is 1. The number of nitriles is 1. The van der Waals surface area contributed by atoms with Gasteiger partial charge in [-0.05, 0) is 50.9 Å². The van der Waals surface area contributed by atoms with E-state index in [9.17, 15) is 5.26 Å². The van der Waals surface area contributed by atoms with E-state index >= 15 is 0 Å². The second-order valence-electron chi connectivity index (χ2n) is 6.22. The molecule has 0 spiro atoms. The van der Waals surface area contributed by atoms with Gasteiger partial charge in [0.1, 0.15) is 5.54 Å². The first kappa shape index (κ1) is 16.5. The van der Waals surface area contributed by atoms with Crippen LogP contribution < -0.4 is 5.32 Å². The lowest BCUT2D eigenvalue weighted by Gasteiger charge is -2.26. The number of rotatable bonds is 11. The van der Waals surface area contributed by atoms with E-state index in [0.717, 1.165) is 44.8 Å². The molecule has 1 fully saturated rings. The predicted molar refractivity (Wildman–Crippen MR) is 78.9 cm³/mol. The molecule has 1 saturated carbocycles. The highest BCUT2D eigenvalue weighted by Gasteiger charge is 2.34. The Bertz CT molecular complexity index is 281. The minimum Gasteiger partial charge on any atom is -0.381 e. The Labute approximate surface area is 118 Å². The molecule has 0 aromatic rings. The fourth-order valence-corrected chi connectivity index (χ4v) is 2.31. The van der Waals surface area contributed by atoms with Gasteiger partial charge in [0.05, 0.1) is 6.07 Å². The maximum absolute atomic E-state index is 9.40. The van der Waals surface area contributed by atoms with Crippen molar-refractivity contribution in [3.8, 4) is 6.07 Å². The summed E-state index contributed by atoms with van der Waals surface area (Å²) in [6.45, 7) is 8.23. The van der Waals surface area contributed by atoms with E-state index in [1.165, 1.54) is 19.3 Å². The van der Waals surface area contributed by atoms with E-state index in [2.05, 4.69) is 32.2 Å². The largest absolute Gasteiger partial charge is 0.381 e. The van der Waals surface area contributed by atoms with Crippen molar-refractivity contribution in [3.63, 3.8) is 0 Å². The molecule has 1 N–H and O–H groups in total. The average molecular weight is 266 g/mol. The van der Waals surface area contributed by atoms with Crippen LogP contribution in [0.15, 0.2) is 0 Å². The molecular weight excluding hydrogens is 236 g/mol. The van der Waals surface area contributed by atoms with E-state index in [1.807, 2.05) is 0 Å². The van der Waals surface area contributed by atoms with Gasteiger partial charge in [-0.3, -0.25) is 5.32 Å². The molecule has 0 amide bonds. The lowest BCUT2D eigenvalue weighted by Crippen LogP contribution is -2.44. The van der Waals surface area contributed by atoms with Gasteiger partial charge in [0.2, 0.25) is 0 Å². The summed E-state index contributed by atoms with van der Waals surface area (Å²) in [5.41, 5.74) is -0.317. The molecule has 1 aliphatic rings. The van der Waals surface area contributed by atoms with Crippen LogP contribution >= 0.6 is 0 Å². The van der Waals surface area contributed by atoms with E-state index < -0.39 is 0 Å². The lowest BCUT2D eigenvalue weighted by atomic mass is 9.92. The molecule has 0 aromatic heterocycles. The quantitative estimate of drug-likeness (QED) is 0.581. The summed E-state index contributed by atoms with van der Waals surface area (Å²) in [4.78, 5) is 0. The van der Waals surface area contributed by atoms with Crippen LogP contribution in [0.3, 0.4) is 0 Å². The third-order valence-corrected chi connectivity index (χ3v) is 3.84. The molecule has 1 unspecified atom stereocenters. The van der Waals surface area contributed by atoms with Crippen molar-refractivity contribution in [2.24, 2.45) is 5.92 Å². The Hall–Kier alpha value is -0.590. The molecule has 1 atom stereocenters. The molecule has 3 nitrogen and oxygen atoms in total. The summed E-state index contributed by atoms with van der Waals surface area (Å²) < 4.78 is 5.65. The Balaban J connectivity index is 2.09. The Kier molecular flexibility index (Phi) is 7.41. The van der Waals surface area contributed by atoms with Gasteiger partial charge in [-0.15, -0.1) is 0 Å². The van der Waals surface area contributed by atoms with Gasteiger partial charge in [0.25, 0.3) is 0 Å². The van der Waals surface area contributed by atoms with Crippen molar-refractivity contribution >= 4 is 0 Å². The van der Waals surface area contributed by atoms with E-state index in [0.29, 0.717) is 6.04 Å². The fraction of sp³-hybridized carbons (Fsp3) is 0.938. The van der Waals surface area contributed by atoms with E-state index in [-0.39, 0.29) is 5.54 Å². The maximum atomic E-state index is 9.40. The second-order valence-corrected chi connectivity index (χ2v) is 6.22. The maximum Gasteiger partial charge on any atom is 0.106 e. The summed E-state index contributed by atoms with van der Waals surface area (Å²) in [6, 6.07) is 3.08. The van der Waals surface area contributed by atoms with E-state index in [1.54, 1.807) is 0 Å². The first-order chi connectivity index (χ1) is 9.12. The zero-order valence-electron chi connectivity index (χ0n) is 12.9. The topological polar surface area (TPSA) is 45.0 Å². The standard InChI is InChI=1S/C16H30N2O/c1-4-16(13-17,18-15-8-9-15)10-6-12-19-11-5-7-14(2)3/h14-15,18H,4-12H2,1-3H3. The van der Waals surface area contributed by atoms with Crippen LogP contribution in [-0.4, -0.2) is 24.8 Å². The highest BCUT2D eigenvalue weighted by atomic mass is 16.5. The van der Waals surface area contributed by atoms with Gasteiger partial charge >= 0.3 is 0 Å². The molecule has 0 saturated heterocycles. The average Bonchev–Trinajstić information content (AvgIpc) is 3.19. The highest BCUT2D eigenvalue weighted by Crippen LogP contribution is 2.26. The van der Waals surface area contributed by atoms with Crippen LogP contribution in [0.5, 0.6) is 0 Å². The minimum atomic E-state index is -0.317. The Morgan fingerprint density at radius 2 is 2.00 bits per heavy atom. The summed E-state index contributed by atoms with van der Waals surface area (Å²) >= 11 is 0. The second kappa shape index (κ2) is 8.55. The first-order valence-electron chi connectivity index (χ1n) is 7.88. The number of nitrogens with zero attached hydrogens (tertiary/aromatic N) is 1. The molecule has 0 radical (unpaired) electrons. The van der Waals surface area contributed by atoms with Crippen molar-refractivity contribution in [1.82, 2.24) is 5.32 Å². The number of nitrogens with one attached hydrogen (secondary N) is 1. The summed E-state index contributed by atoms with van der Waals surface area (Å²) in [5, 5.41) is 12.9. The zero-order valence-corrected chi connectivity index (χ0v) is 12.9. The zero-order chi connectivity index (χ0) is 14.1. The molecule has 0 aliphatic heterocycles. The third-order valence-electron chi connectivity index (χ3n) is 3.84. The van der Waals surface area contributed by atoms with Gasteiger partial charge in [-0.25, -0.2) is 0 Å². The molecule has 1 rings (SSSR count). The molecule has 3 heteroatoms. The molecule has 0 heterocycles. The summed E-state index contributed by atoms with van der Waals surface area (Å²) in [5.74, 6) is 0.762. The van der Waals surface area contributed by atoms with E-state index in [4.69, 9.17) is 4.74 Å². The molecule has 0 bridgehead atoms. The van der Waals surface area contributed by atoms with Gasteiger partial charge in [-0.2, -0.15) is 5.26 Å². The van der Waals surface area contributed by atoms with Crippen LogP contribution in [0.1, 0.15) is 65.7 Å². The first-order valence-corrected chi connectivity index (χ1v) is 7.88. The fourth-order valence-electron chi connectivity index (χ4n) is 2.31. The molecule has 1 aliphatic carbocycles. The Morgan fingerprint density at radius 3 is 2.53 bits per heavy atom. The normalized spacial score (nSPS) is 18.3. The lowest BCUT2D eigenvalue weighted by molar-refractivity contribution is 0.119. The smallest absolute Gasteiger partial charge is 0.106 e. The number of hydrogen-bond acceptors (Lipinski definition) is 3. The van der Waals surface area contributed by atoms with Gasteiger partial charge in [0, 0.05) is 19.3 Å². The van der Waals surface area contributed by atoms with Gasteiger partial charge in [-0.1, -0.05) is 20.8 Å². The van der Waals surface area contributed by atoms with Crippen molar-refractivity contribution in [2.45, 2.75) is 77.3 Å². The van der Waals surface area contributed by atoms with Crippen LogP contribution in [0, 0.1) is 17.2 Å². The molecule has 0 aromatic carbocycles. The predicted octanol–water partition coefficient (Wildman–Crippen LogP) is 3.64. The monoisotopic (exact) mass is 266 g/mol. The number of hydrogen-bond donors (Lipinski definition) is 1. The van der Waals surface area contributed by atoms with Crippen molar-refractivity contribution in [2.75, 3.05) is 13.2 Å². The Morgan fingerprint density at radius 1 is 1.32 bits per heavy atom. The van der Waals surface area contributed by atoms with Crippen molar-refractivity contribution < 1.29 is 4.74 Å².